The zero-order valence-electron chi connectivity index (χ0n) is 7.29. The minimum absolute atomic E-state index is 0.123. The highest BCUT2D eigenvalue weighted by atomic mass is 31.2. The first-order valence-corrected chi connectivity index (χ1v) is 5.09. The second-order valence-electron chi connectivity index (χ2n) is 2.03. The molecule has 0 aliphatic carbocycles. The number of hydrogen-bond donors (Lipinski definition) is 0. The van der Waals surface area contributed by atoms with Crippen LogP contribution in [-0.4, -0.2) is 25.2 Å². The van der Waals surface area contributed by atoms with Gasteiger partial charge in [0, 0.05) is 0 Å². The van der Waals surface area contributed by atoms with Gasteiger partial charge in [-0.05, 0) is 20.8 Å². The Hall–Kier alpha value is 0.0200. The molecule has 0 aromatic heterocycles. The Morgan fingerprint density at radius 3 is 2.00 bits per heavy atom. The summed E-state index contributed by atoms with van der Waals surface area (Å²) >= 11 is 0. The number of carbonyl (C=O) groups is 1. The van der Waals surface area contributed by atoms with E-state index in [9.17, 15) is 4.79 Å². The molecule has 0 unspecified atom stereocenters. The van der Waals surface area contributed by atoms with Crippen LogP contribution in [0.3, 0.4) is 0 Å². The maximum absolute atomic E-state index is 10.7. The maximum atomic E-state index is 10.7. The van der Waals surface area contributed by atoms with Gasteiger partial charge < -0.3 is 9.05 Å². The molecular weight excluding hydrogens is 163 g/mol. The van der Waals surface area contributed by atoms with Crippen molar-refractivity contribution in [3.8, 4) is 0 Å². The highest BCUT2D eigenvalue weighted by molar-refractivity contribution is 7.48. The van der Waals surface area contributed by atoms with Crippen molar-refractivity contribution < 1.29 is 13.8 Å². The predicted molar refractivity (Wildman–Crippen MR) is 45.7 cm³/mol. The lowest BCUT2D eigenvalue weighted by molar-refractivity contribution is -0.114. The molecule has 66 valence electrons. The van der Waals surface area contributed by atoms with Crippen LogP contribution >= 0.6 is 8.38 Å². The van der Waals surface area contributed by atoms with Gasteiger partial charge in [-0.15, -0.1) is 0 Å². The van der Waals surface area contributed by atoms with Gasteiger partial charge in [0.05, 0.1) is 19.4 Å². The third kappa shape index (κ3) is 6.42. The number of rotatable bonds is 6. The summed E-state index contributed by atoms with van der Waals surface area (Å²) in [6.45, 7) is 6.56. The van der Waals surface area contributed by atoms with Crippen LogP contribution < -0.4 is 0 Å². The average Bonchev–Trinajstić information content (AvgIpc) is 1.87. The predicted octanol–water partition coefficient (Wildman–Crippen LogP) is 1.96. The van der Waals surface area contributed by atoms with Crippen molar-refractivity contribution in [2.24, 2.45) is 0 Å². The first-order valence-electron chi connectivity index (χ1n) is 3.73. The third-order valence-electron chi connectivity index (χ3n) is 0.898. The summed E-state index contributed by atoms with van der Waals surface area (Å²) in [4.78, 5) is 10.7. The molecule has 4 heteroatoms. The van der Waals surface area contributed by atoms with E-state index in [1.807, 2.05) is 13.8 Å². The lowest BCUT2D eigenvalue weighted by Gasteiger charge is -2.13. The summed E-state index contributed by atoms with van der Waals surface area (Å²) in [5, 5.41) is 0. The molecular formula is C7H15O3P. The van der Waals surface area contributed by atoms with Gasteiger partial charge in [0.2, 0.25) is 0 Å². The van der Waals surface area contributed by atoms with E-state index in [0.717, 1.165) is 0 Å². The number of hydrogen-bond acceptors (Lipinski definition) is 3. The van der Waals surface area contributed by atoms with Crippen LogP contribution in [-0.2, 0) is 13.8 Å². The number of Topliss-reactive ketones (excluding diaryl/α,β-unsaturated/α-hetero) is 1. The molecule has 0 atom stereocenters. The Labute approximate surface area is 69.0 Å². The quantitative estimate of drug-likeness (QED) is 0.583. The third-order valence-corrected chi connectivity index (χ3v) is 2.69. The molecule has 11 heavy (non-hydrogen) atoms. The molecule has 0 amide bonds. The minimum atomic E-state index is -0.950. The Bertz CT molecular complexity index is 110. The molecule has 0 radical (unpaired) electrons. The molecule has 0 aromatic carbocycles. The summed E-state index contributed by atoms with van der Waals surface area (Å²) < 4.78 is 10.4. The second kappa shape index (κ2) is 6.71. The maximum Gasteiger partial charge on any atom is 0.178 e. The number of carbonyl (C=O) groups excluding carboxylic acids is 1. The first kappa shape index (κ1) is 11.0. The van der Waals surface area contributed by atoms with E-state index >= 15 is 0 Å². The molecule has 0 bridgehead atoms. The Balaban J connectivity index is 3.59. The van der Waals surface area contributed by atoms with Crippen molar-refractivity contribution in [2.45, 2.75) is 20.8 Å². The molecule has 0 heterocycles. The fourth-order valence-electron chi connectivity index (χ4n) is 0.598. The van der Waals surface area contributed by atoms with Crippen LogP contribution in [0.15, 0.2) is 0 Å². The molecule has 0 fully saturated rings. The highest BCUT2D eigenvalue weighted by Gasteiger charge is 2.10. The molecule has 0 saturated heterocycles. The second-order valence-corrected chi connectivity index (χ2v) is 3.53. The Kier molecular flexibility index (Phi) is 6.73. The molecule has 0 aliphatic heterocycles. The molecule has 0 saturated carbocycles. The summed E-state index contributed by atoms with van der Waals surface area (Å²) in [6.07, 6.45) is 0.414. The van der Waals surface area contributed by atoms with Crippen molar-refractivity contribution in [1.82, 2.24) is 0 Å². The van der Waals surface area contributed by atoms with Crippen LogP contribution in [0.1, 0.15) is 20.8 Å². The van der Waals surface area contributed by atoms with Crippen LogP contribution in [0, 0.1) is 0 Å². The van der Waals surface area contributed by atoms with Crippen molar-refractivity contribution in [3.05, 3.63) is 0 Å². The molecule has 0 aromatic rings. The van der Waals surface area contributed by atoms with Crippen LogP contribution in [0.5, 0.6) is 0 Å². The monoisotopic (exact) mass is 178 g/mol. The molecule has 0 aliphatic rings. The summed E-state index contributed by atoms with van der Waals surface area (Å²) in [7, 11) is -0.950. The fourth-order valence-corrected chi connectivity index (χ4v) is 1.80. The molecule has 0 N–H and O–H groups in total. The molecule has 3 nitrogen and oxygen atoms in total. The lowest BCUT2D eigenvalue weighted by Crippen LogP contribution is -2.02. The minimum Gasteiger partial charge on any atom is -0.334 e. The average molecular weight is 178 g/mol. The van der Waals surface area contributed by atoms with Gasteiger partial charge >= 0.3 is 0 Å². The smallest absolute Gasteiger partial charge is 0.178 e. The standard InChI is InChI=1S/C7H15O3P/c1-4-9-11(10-5-2)6-7(3)8/h4-6H2,1-3H3. The van der Waals surface area contributed by atoms with Crippen molar-refractivity contribution in [2.75, 3.05) is 19.4 Å². The Morgan fingerprint density at radius 1 is 1.27 bits per heavy atom. The largest absolute Gasteiger partial charge is 0.334 e. The van der Waals surface area contributed by atoms with Crippen LogP contribution in [0.4, 0.5) is 0 Å². The van der Waals surface area contributed by atoms with Crippen LogP contribution in [0.2, 0.25) is 0 Å². The normalized spacial score (nSPS) is 10.5. The highest BCUT2D eigenvalue weighted by Crippen LogP contribution is 2.37. The van der Waals surface area contributed by atoms with E-state index in [4.69, 9.17) is 9.05 Å². The van der Waals surface area contributed by atoms with Gasteiger partial charge in [0.1, 0.15) is 5.78 Å². The van der Waals surface area contributed by atoms with Gasteiger partial charge in [0.25, 0.3) is 0 Å². The van der Waals surface area contributed by atoms with E-state index in [0.29, 0.717) is 19.4 Å². The van der Waals surface area contributed by atoms with Gasteiger partial charge in [0.15, 0.2) is 8.38 Å². The number of ketones is 1. The van der Waals surface area contributed by atoms with Gasteiger partial charge in [-0.1, -0.05) is 0 Å². The van der Waals surface area contributed by atoms with Gasteiger partial charge in [-0.25, -0.2) is 0 Å². The first-order chi connectivity index (χ1) is 5.20. The van der Waals surface area contributed by atoms with Gasteiger partial charge in [-0.3, -0.25) is 4.79 Å². The Morgan fingerprint density at radius 2 is 1.73 bits per heavy atom. The van der Waals surface area contributed by atoms with E-state index in [1.54, 1.807) is 6.92 Å². The topological polar surface area (TPSA) is 35.5 Å². The van der Waals surface area contributed by atoms with Gasteiger partial charge in [-0.2, -0.15) is 0 Å². The van der Waals surface area contributed by atoms with Crippen molar-refractivity contribution >= 4 is 14.2 Å². The van der Waals surface area contributed by atoms with Crippen molar-refractivity contribution in [3.63, 3.8) is 0 Å². The van der Waals surface area contributed by atoms with E-state index in [1.165, 1.54) is 0 Å². The van der Waals surface area contributed by atoms with Crippen molar-refractivity contribution in [1.29, 1.82) is 0 Å². The summed E-state index contributed by atoms with van der Waals surface area (Å²) in [5.74, 6) is 0.123. The SMILES string of the molecule is CCOP(CC(C)=O)OCC. The summed E-state index contributed by atoms with van der Waals surface area (Å²) in [6, 6.07) is 0. The zero-order valence-corrected chi connectivity index (χ0v) is 8.19. The van der Waals surface area contributed by atoms with E-state index in [-0.39, 0.29) is 5.78 Å². The van der Waals surface area contributed by atoms with E-state index in [2.05, 4.69) is 0 Å². The summed E-state index contributed by atoms with van der Waals surface area (Å²) in [5.41, 5.74) is 0. The fraction of sp³-hybridized carbons (Fsp3) is 0.857. The van der Waals surface area contributed by atoms with Crippen LogP contribution in [0.25, 0.3) is 0 Å². The van der Waals surface area contributed by atoms with E-state index < -0.39 is 8.38 Å². The zero-order chi connectivity index (χ0) is 8.69. The molecule has 0 spiro atoms. The molecule has 0 rings (SSSR count). The lowest BCUT2D eigenvalue weighted by atomic mass is 10.5.